The quantitative estimate of drug-likeness (QED) is 0.535. The SMILES string of the molecule is COc1cc(Br)ccc1-c1nc2c(ccc[n+]2[O-])n1C. The zero-order chi connectivity index (χ0) is 14.3. The second kappa shape index (κ2) is 4.79. The minimum atomic E-state index is 0.398. The minimum Gasteiger partial charge on any atom is -0.710 e. The first-order valence-corrected chi connectivity index (χ1v) is 6.79. The van der Waals surface area contributed by atoms with E-state index in [1.54, 1.807) is 13.2 Å². The zero-order valence-corrected chi connectivity index (χ0v) is 12.6. The van der Waals surface area contributed by atoms with Crippen LogP contribution in [0.1, 0.15) is 0 Å². The van der Waals surface area contributed by atoms with Gasteiger partial charge in [-0.2, -0.15) is 0 Å². The molecule has 0 saturated heterocycles. The molecule has 6 heteroatoms. The van der Waals surface area contributed by atoms with E-state index in [0.717, 1.165) is 20.3 Å². The molecule has 0 N–H and O–H groups in total. The lowest BCUT2D eigenvalue weighted by atomic mass is 10.2. The van der Waals surface area contributed by atoms with Gasteiger partial charge in [0.05, 0.1) is 18.9 Å². The number of imidazole rings is 1. The number of hydrogen-bond acceptors (Lipinski definition) is 3. The number of nitrogens with zero attached hydrogens (tertiary/aromatic N) is 3. The Labute approximate surface area is 124 Å². The molecule has 0 spiro atoms. The Bertz CT molecular complexity index is 798. The van der Waals surface area contributed by atoms with Gasteiger partial charge in [-0.25, -0.2) is 4.73 Å². The first-order valence-electron chi connectivity index (χ1n) is 6.00. The van der Waals surface area contributed by atoms with E-state index in [2.05, 4.69) is 20.9 Å². The summed E-state index contributed by atoms with van der Waals surface area (Å²) in [5.74, 6) is 1.40. The number of pyridine rings is 1. The zero-order valence-electron chi connectivity index (χ0n) is 11.0. The number of aryl methyl sites for hydroxylation is 1. The number of rotatable bonds is 2. The van der Waals surface area contributed by atoms with Crippen LogP contribution in [0.5, 0.6) is 5.75 Å². The highest BCUT2D eigenvalue weighted by Gasteiger charge is 2.21. The van der Waals surface area contributed by atoms with E-state index in [9.17, 15) is 5.21 Å². The van der Waals surface area contributed by atoms with Gasteiger partial charge in [0.15, 0.2) is 0 Å². The van der Waals surface area contributed by atoms with Crippen molar-refractivity contribution in [2.24, 2.45) is 7.05 Å². The fraction of sp³-hybridized carbons (Fsp3) is 0.143. The normalized spacial score (nSPS) is 10.9. The van der Waals surface area contributed by atoms with Crippen molar-refractivity contribution in [2.45, 2.75) is 0 Å². The molecule has 0 aliphatic heterocycles. The van der Waals surface area contributed by atoms with Crippen molar-refractivity contribution >= 4 is 27.1 Å². The summed E-state index contributed by atoms with van der Waals surface area (Å²) in [6.45, 7) is 0. The predicted molar refractivity (Wildman–Crippen MR) is 79.4 cm³/mol. The second-order valence-electron chi connectivity index (χ2n) is 4.38. The van der Waals surface area contributed by atoms with Crippen LogP contribution < -0.4 is 9.47 Å². The number of hydrogen-bond donors (Lipinski definition) is 0. The Kier molecular flexibility index (Phi) is 3.10. The molecule has 102 valence electrons. The van der Waals surface area contributed by atoms with Crippen LogP contribution in [-0.4, -0.2) is 16.7 Å². The van der Waals surface area contributed by atoms with Crippen molar-refractivity contribution in [3.8, 4) is 17.1 Å². The second-order valence-corrected chi connectivity index (χ2v) is 5.30. The molecular formula is C14H12BrN3O2. The van der Waals surface area contributed by atoms with E-state index in [-0.39, 0.29) is 0 Å². The molecule has 5 nitrogen and oxygen atoms in total. The van der Waals surface area contributed by atoms with Crippen LogP contribution in [0.2, 0.25) is 0 Å². The summed E-state index contributed by atoms with van der Waals surface area (Å²) in [5.41, 5.74) is 2.02. The first kappa shape index (κ1) is 12.9. The van der Waals surface area contributed by atoms with E-state index in [1.807, 2.05) is 35.9 Å². The summed E-state index contributed by atoms with van der Waals surface area (Å²) in [6.07, 6.45) is 1.44. The van der Waals surface area contributed by atoms with Gasteiger partial charge in [0, 0.05) is 11.5 Å². The van der Waals surface area contributed by atoms with E-state index >= 15 is 0 Å². The first-order chi connectivity index (χ1) is 9.61. The van der Waals surface area contributed by atoms with Crippen molar-refractivity contribution in [3.63, 3.8) is 0 Å². The van der Waals surface area contributed by atoms with Crippen LogP contribution in [-0.2, 0) is 7.05 Å². The molecule has 0 aliphatic rings. The molecule has 0 fully saturated rings. The van der Waals surface area contributed by atoms with Gasteiger partial charge in [-0.05, 0) is 35.3 Å². The van der Waals surface area contributed by atoms with Crippen LogP contribution in [0.3, 0.4) is 0 Å². The minimum absolute atomic E-state index is 0.398. The molecule has 3 rings (SSSR count). The van der Waals surface area contributed by atoms with Gasteiger partial charge in [-0.1, -0.05) is 15.9 Å². The maximum absolute atomic E-state index is 11.8. The monoisotopic (exact) mass is 333 g/mol. The summed E-state index contributed by atoms with van der Waals surface area (Å²) in [6, 6.07) is 9.28. The average molecular weight is 334 g/mol. The number of benzene rings is 1. The largest absolute Gasteiger partial charge is 0.710 e. The Morgan fingerprint density at radius 2 is 2.15 bits per heavy atom. The highest BCUT2D eigenvalue weighted by Crippen LogP contribution is 2.32. The molecule has 2 aromatic heterocycles. The predicted octanol–water partition coefficient (Wildman–Crippen LogP) is 2.64. The number of fused-ring (bicyclic) bond motifs is 1. The molecular weight excluding hydrogens is 322 g/mol. The highest BCUT2D eigenvalue weighted by molar-refractivity contribution is 9.10. The summed E-state index contributed by atoms with van der Waals surface area (Å²) in [7, 11) is 3.49. The van der Waals surface area contributed by atoms with Crippen LogP contribution in [0.15, 0.2) is 41.0 Å². The average Bonchev–Trinajstić information content (AvgIpc) is 2.78. The molecule has 20 heavy (non-hydrogen) atoms. The van der Waals surface area contributed by atoms with Crippen molar-refractivity contribution in [3.05, 3.63) is 46.2 Å². The maximum Gasteiger partial charge on any atom is 0.352 e. The van der Waals surface area contributed by atoms with Crippen LogP contribution in [0, 0.1) is 5.21 Å². The van der Waals surface area contributed by atoms with Crippen molar-refractivity contribution in [1.29, 1.82) is 0 Å². The number of halogens is 1. The standard InChI is InChI=1S/C14H12BrN3O2/c1-17-11-4-3-7-18(19)14(11)16-13(17)10-6-5-9(15)8-12(10)20-2/h3-8H,1-2H3. The Morgan fingerprint density at radius 1 is 1.35 bits per heavy atom. The van der Waals surface area contributed by atoms with Gasteiger partial charge in [-0.15, -0.1) is 0 Å². The van der Waals surface area contributed by atoms with Gasteiger partial charge in [-0.3, -0.25) is 0 Å². The molecule has 0 saturated carbocycles. The molecule has 0 radical (unpaired) electrons. The number of aromatic nitrogens is 3. The third kappa shape index (κ3) is 1.92. The van der Waals surface area contributed by atoms with E-state index in [0.29, 0.717) is 17.2 Å². The fourth-order valence-corrected chi connectivity index (χ4v) is 2.56. The topological polar surface area (TPSA) is 54.0 Å². The third-order valence-corrected chi connectivity index (χ3v) is 3.70. The number of methoxy groups -OCH3 is 1. The molecule has 3 aromatic rings. The fourth-order valence-electron chi connectivity index (χ4n) is 2.22. The lowest BCUT2D eigenvalue weighted by molar-refractivity contribution is -0.579. The van der Waals surface area contributed by atoms with Crippen LogP contribution >= 0.6 is 15.9 Å². The van der Waals surface area contributed by atoms with E-state index in [4.69, 9.17) is 4.74 Å². The molecule has 2 heterocycles. The van der Waals surface area contributed by atoms with Gasteiger partial charge < -0.3 is 14.5 Å². The van der Waals surface area contributed by atoms with Crippen LogP contribution in [0.25, 0.3) is 22.6 Å². The summed E-state index contributed by atoms with van der Waals surface area (Å²) in [4.78, 5) is 4.44. The maximum atomic E-state index is 11.8. The van der Waals surface area contributed by atoms with E-state index in [1.165, 1.54) is 6.20 Å². The van der Waals surface area contributed by atoms with Crippen molar-refractivity contribution in [2.75, 3.05) is 7.11 Å². The molecule has 0 atom stereocenters. The lowest BCUT2D eigenvalue weighted by Crippen LogP contribution is -2.26. The highest BCUT2D eigenvalue weighted by atomic mass is 79.9. The van der Waals surface area contributed by atoms with Gasteiger partial charge in [0.2, 0.25) is 0 Å². The molecule has 0 bridgehead atoms. The molecule has 1 aromatic carbocycles. The third-order valence-electron chi connectivity index (χ3n) is 3.21. The van der Waals surface area contributed by atoms with Crippen molar-refractivity contribution in [1.82, 2.24) is 9.55 Å². The summed E-state index contributed by atoms with van der Waals surface area (Å²) >= 11 is 3.41. The molecule has 0 aliphatic carbocycles. The van der Waals surface area contributed by atoms with Crippen LogP contribution in [0.4, 0.5) is 0 Å². The molecule has 0 unspecified atom stereocenters. The summed E-state index contributed by atoms with van der Waals surface area (Å²) < 4.78 is 8.97. The smallest absolute Gasteiger partial charge is 0.352 e. The van der Waals surface area contributed by atoms with E-state index < -0.39 is 0 Å². The number of ether oxygens (including phenoxy) is 1. The Balaban J connectivity index is 2.30. The van der Waals surface area contributed by atoms with Gasteiger partial charge in [0.1, 0.15) is 11.3 Å². The Hall–Kier alpha value is -2.08. The Morgan fingerprint density at radius 3 is 2.85 bits per heavy atom. The van der Waals surface area contributed by atoms with Gasteiger partial charge in [0.25, 0.3) is 5.82 Å². The lowest BCUT2D eigenvalue weighted by Gasteiger charge is -2.06. The molecule has 0 amide bonds. The summed E-state index contributed by atoms with van der Waals surface area (Å²) in [5, 5.41) is 11.8. The van der Waals surface area contributed by atoms with Crippen molar-refractivity contribution < 1.29 is 9.47 Å². The van der Waals surface area contributed by atoms with Gasteiger partial charge >= 0.3 is 5.65 Å².